The van der Waals surface area contributed by atoms with Crippen LogP contribution in [0.1, 0.15) is 12.1 Å². The number of benzene rings is 2. The van der Waals surface area contributed by atoms with Crippen molar-refractivity contribution in [3.05, 3.63) is 82.9 Å². The first-order chi connectivity index (χ1) is 18.4. The summed E-state index contributed by atoms with van der Waals surface area (Å²) < 4.78 is 3.24. The molecule has 4 heterocycles. The summed E-state index contributed by atoms with van der Waals surface area (Å²) in [4.78, 5) is 36.4. The zero-order valence-corrected chi connectivity index (χ0v) is 21.6. The van der Waals surface area contributed by atoms with Gasteiger partial charge in [0.05, 0.1) is 28.9 Å². The molecule has 1 saturated heterocycles. The van der Waals surface area contributed by atoms with E-state index in [0.29, 0.717) is 44.1 Å². The van der Waals surface area contributed by atoms with Gasteiger partial charge in [-0.25, -0.2) is 14.6 Å². The van der Waals surface area contributed by atoms with Crippen molar-refractivity contribution in [2.75, 3.05) is 16.8 Å². The van der Waals surface area contributed by atoms with Gasteiger partial charge < -0.3 is 10.2 Å². The number of carbonyl (C=O) groups is 2. The Balaban J connectivity index is 1.28. The molecule has 190 valence electrons. The van der Waals surface area contributed by atoms with Crippen molar-refractivity contribution in [2.45, 2.75) is 13.3 Å². The maximum atomic E-state index is 13.3. The number of amides is 2. The second kappa shape index (κ2) is 9.55. The molecule has 2 aromatic carbocycles. The monoisotopic (exact) mass is 546 g/mol. The van der Waals surface area contributed by atoms with Crippen molar-refractivity contribution in [1.29, 1.82) is 0 Å². The van der Waals surface area contributed by atoms with Crippen LogP contribution >= 0.6 is 23.2 Å². The smallest absolute Gasteiger partial charge is 0.230 e. The number of hydrogen-bond donors (Lipinski definition) is 1. The number of rotatable bonds is 5. The first-order valence-electron chi connectivity index (χ1n) is 11.8. The third kappa shape index (κ3) is 4.37. The van der Waals surface area contributed by atoms with Crippen LogP contribution in [0.5, 0.6) is 0 Å². The maximum absolute atomic E-state index is 13.3. The number of nitrogens with one attached hydrogen (secondary N) is 1. The predicted octanol–water partition coefficient (Wildman–Crippen LogP) is 4.61. The topological polar surface area (TPSA) is 111 Å². The summed E-state index contributed by atoms with van der Waals surface area (Å²) in [5.41, 5.74) is 2.75. The fourth-order valence-electron chi connectivity index (χ4n) is 4.50. The van der Waals surface area contributed by atoms with E-state index in [1.54, 1.807) is 62.9 Å². The summed E-state index contributed by atoms with van der Waals surface area (Å²) in [6, 6.07) is 16.0. The molecule has 1 aliphatic heterocycles. The lowest BCUT2D eigenvalue weighted by molar-refractivity contribution is -0.122. The Morgan fingerprint density at radius 3 is 2.37 bits per heavy atom. The van der Waals surface area contributed by atoms with Gasteiger partial charge in [0.15, 0.2) is 11.5 Å². The Morgan fingerprint density at radius 1 is 0.974 bits per heavy atom. The highest BCUT2D eigenvalue weighted by Gasteiger charge is 2.35. The molecule has 3 aromatic heterocycles. The molecule has 2 amide bonds. The largest absolute Gasteiger partial charge is 0.312 e. The fraction of sp³-hybridized carbons (Fsp3) is 0.154. The third-order valence-electron chi connectivity index (χ3n) is 6.33. The molecule has 1 fully saturated rings. The van der Waals surface area contributed by atoms with Crippen molar-refractivity contribution in [3.63, 3.8) is 0 Å². The van der Waals surface area contributed by atoms with Crippen molar-refractivity contribution in [1.82, 2.24) is 29.5 Å². The van der Waals surface area contributed by atoms with Gasteiger partial charge in [0.1, 0.15) is 12.1 Å². The number of fused-ring (bicyclic) bond motifs is 1. The van der Waals surface area contributed by atoms with Crippen LogP contribution in [0.25, 0.3) is 22.5 Å². The molecule has 12 heteroatoms. The number of halogens is 2. The number of anilines is 2. The minimum Gasteiger partial charge on any atom is -0.312 e. The summed E-state index contributed by atoms with van der Waals surface area (Å²) in [7, 11) is 0. The van der Waals surface area contributed by atoms with Gasteiger partial charge in [0.25, 0.3) is 0 Å². The molecule has 6 rings (SSSR count). The van der Waals surface area contributed by atoms with E-state index >= 15 is 0 Å². The molecule has 0 spiro atoms. The molecule has 0 aliphatic carbocycles. The van der Waals surface area contributed by atoms with Crippen LogP contribution in [-0.4, -0.2) is 47.9 Å². The van der Waals surface area contributed by atoms with E-state index in [1.807, 2.05) is 19.1 Å². The maximum Gasteiger partial charge on any atom is 0.230 e. The molecule has 0 radical (unpaired) electrons. The second-order valence-electron chi connectivity index (χ2n) is 8.92. The van der Waals surface area contributed by atoms with Crippen LogP contribution in [0.15, 0.2) is 67.1 Å². The van der Waals surface area contributed by atoms with Crippen LogP contribution in [-0.2, 0) is 9.59 Å². The van der Waals surface area contributed by atoms with Gasteiger partial charge in [0.2, 0.25) is 11.8 Å². The zero-order chi connectivity index (χ0) is 26.4. The minimum absolute atomic E-state index is 0.104. The minimum atomic E-state index is -0.528. The van der Waals surface area contributed by atoms with Gasteiger partial charge in [-0.2, -0.15) is 14.9 Å². The normalized spacial score (nSPS) is 15.4. The summed E-state index contributed by atoms with van der Waals surface area (Å²) in [6.45, 7) is 2.09. The quantitative estimate of drug-likeness (QED) is 0.344. The summed E-state index contributed by atoms with van der Waals surface area (Å²) in [6.07, 6.45) is 3.18. The summed E-state index contributed by atoms with van der Waals surface area (Å²) in [5.74, 6) is -0.0321. The van der Waals surface area contributed by atoms with Gasteiger partial charge in [-0.15, -0.1) is 0 Å². The number of carbonyl (C=O) groups excluding carboxylic acids is 2. The number of aryl methyl sites for hydroxylation is 1. The zero-order valence-electron chi connectivity index (χ0n) is 20.0. The first kappa shape index (κ1) is 24.1. The van der Waals surface area contributed by atoms with Crippen LogP contribution in [0, 0.1) is 12.8 Å². The third-order valence-corrected chi connectivity index (χ3v) is 6.84. The highest BCUT2D eigenvalue weighted by Crippen LogP contribution is 2.29. The van der Waals surface area contributed by atoms with Gasteiger partial charge in [-0.3, -0.25) is 9.59 Å². The van der Waals surface area contributed by atoms with E-state index in [9.17, 15) is 9.59 Å². The molecule has 1 N–H and O–H groups in total. The van der Waals surface area contributed by atoms with Crippen LogP contribution < -0.4 is 10.2 Å². The summed E-state index contributed by atoms with van der Waals surface area (Å²) in [5, 5.41) is 13.8. The molecular weight excluding hydrogens is 527 g/mol. The van der Waals surface area contributed by atoms with Crippen molar-refractivity contribution < 1.29 is 9.59 Å². The SMILES string of the molecule is Cc1cc(NC(=O)C2CC(=O)N(c3ccc(Cl)cc3)C2)n(-c2ncnc3c2cnn3-c2ccc(Cl)cc2)n1. The standard InChI is InChI=1S/C26H20Cl2N8O2/c1-15-10-22(32-26(38)16-11-23(37)34(13-16)19-6-2-17(27)3-7-19)36(33-15)25-21-12-31-35(24(21)29-14-30-25)20-8-4-18(28)5-9-20/h2-10,12,14,16H,11,13H2,1H3,(H,32,38). The second-order valence-corrected chi connectivity index (χ2v) is 9.79. The average Bonchev–Trinajstić information content (AvgIpc) is 3.61. The Morgan fingerprint density at radius 2 is 1.66 bits per heavy atom. The Kier molecular flexibility index (Phi) is 6.05. The number of aromatic nitrogens is 6. The van der Waals surface area contributed by atoms with Gasteiger partial charge in [-0.05, 0) is 55.5 Å². The molecule has 38 heavy (non-hydrogen) atoms. The Hall–Kier alpha value is -4.28. The average molecular weight is 547 g/mol. The van der Waals surface area contributed by atoms with Gasteiger partial charge in [0, 0.05) is 34.8 Å². The number of nitrogens with zero attached hydrogens (tertiary/aromatic N) is 7. The van der Waals surface area contributed by atoms with Crippen molar-refractivity contribution in [3.8, 4) is 11.5 Å². The van der Waals surface area contributed by atoms with Gasteiger partial charge >= 0.3 is 0 Å². The van der Waals surface area contributed by atoms with Crippen molar-refractivity contribution in [2.24, 2.45) is 5.92 Å². The van der Waals surface area contributed by atoms with E-state index in [-0.39, 0.29) is 24.8 Å². The van der Waals surface area contributed by atoms with E-state index < -0.39 is 5.92 Å². The lowest BCUT2D eigenvalue weighted by atomic mass is 10.1. The van der Waals surface area contributed by atoms with E-state index in [1.165, 1.54) is 6.33 Å². The molecule has 1 aliphatic rings. The van der Waals surface area contributed by atoms with E-state index in [4.69, 9.17) is 23.2 Å². The lowest BCUT2D eigenvalue weighted by Crippen LogP contribution is -2.28. The van der Waals surface area contributed by atoms with Crippen LogP contribution in [0.2, 0.25) is 10.0 Å². The number of hydrogen-bond acceptors (Lipinski definition) is 6. The van der Waals surface area contributed by atoms with E-state index in [0.717, 1.165) is 5.69 Å². The Bertz CT molecular complexity index is 1680. The fourth-order valence-corrected chi connectivity index (χ4v) is 4.76. The van der Waals surface area contributed by atoms with Gasteiger partial charge in [-0.1, -0.05) is 23.2 Å². The van der Waals surface area contributed by atoms with E-state index in [2.05, 4.69) is 25.5 Å². The lowest BCUT2D eigenvalue weighted by Gasteiger charge is -2.17. The molecule has 1 unspecified atom stereocenters. The predicted molar refractivity (Wildman–Crippen MR) is 144 cm³/mol. The highest BCUT2D eigenvalue weighted by atomic mass is 35.5. The first-order valence-corrected chi connectivity index (χ1v) is 12.5. The molecule has 0 bridgehead atoms. The molecular formula is C26H20Cl2N8O2. The Labute approximate surface area is 226 Å². The summed E-state index contributed by atoms with van der Waals surface area (Å²) >= 11 is 12.0. The molecule has 10 nitrogen and oxygen atoms in total. The molecule has 5 aromatic rings. The molecule has 0 saturated carbocycles. The highest BCUT2D eigenvalue weighted by molar-refractivity contribution is 6.31. The van der Waals surface area contributed by atoms with Crippen molar-refractivity contribution >= 4 is 57.6 Å². The van der Waals surface area contributed by atoms with Crippen LogP contribution in [0.4, 0.5) is 11.5 Å². The molecule has 1 atom stereocenters. The van der Waals surface area contributed by atoms with Crippen LogP contribution in [0.3, 0.4) is 0 Å².